The van der Waals surface area contributed by atoms with Gasteiger partial charge in [-0.05, 0) is 43.8 Å². The van der Waals surface area contributed by atoms with Gasteiger partial charge in [-0.2, -0.15) is 0 Å². The second-order valence-corrected chi connectivity index (χ2v) is 7.71. The molecule has 1 amide bonds. The lowest BCUT2D eigenvalue weighted by Crippen LogP contribution is -2.42. The van der Waals surface area contributed by atoms with Gasteiger partial charge in [0.2, 0.25) is 5.91 Å². The number of hydrogen-bond donors (Lipinski definition) is 2. The van der Waals surface area contributed by atoms with Crippen LogP contribution in [0.25, 0.3) is 0 Å². The zero-order valence-electron chi connectivity index (χ0n) is 16.8. The zero-order valence-corrected chi connectivity index (χ0v) is 17.6. The summed E-state index contributed by atoms with van der Waals surface area (Å²) in [7, 11) is 3.82. The highest BCUT2D eigenvalue weighted by molar-refractivity contribution is 7.10. The average Bonchev–Trinajstić information content (AvgIpc) is 3.13. The van der Waals surface area contributed by atoms with Crippen LogP contribution in [-0.2, 0) is 22.5 Å². The Kier molecular flexibility index (Phi) is 9.58. The Labute approximate surface area is 166 Å². The minimum Gasteiger partial charge on any atom is -0.385 e. The van der Waals surface area contributed by atoms with E-state index in [9.17, 15) is 4.79 Å². The first-order chi connectivity index (χ1) is 13.1. The fourth-order valence-corrected chi connectivity index (χ4v) is 3.90. The molecule has 1 aromatic rings. The number of methoxy groups -OCH3 is 1. The number of carbonyl (C=O) groups is 1. The van der Waals surface area contributed by atoms with Gasteiger partial charge in [-0.15, -0.1) is 11.3 Å². The van der Waals surface area contributed by atoms with Gasteiger partial charge in [0.25, 0.3) is 0 Å². The number of aliphatic imine (C=N–C) groups is 1. The Hall–Kier alpha value is -1.64. The van der Waals surface area contributed by atoms with E-state index in [-0.39, 0.29) is 12.5 Å². The first-order valence-corrected chi connectivity index (χ1v) is 10.5. The Bertz CT molecular complexity index is 605. The second kappa shape index (κ2) is 11.9. The van der Waals surface area contributed by atoms with Crippen molar-refractivity contribution in [2.45, 2.75) is 26.3 Å². The third kappa shape index (κ3) is 7.48. The molecule has 2 heterocycles. The number of rotatable bonds is 10. The molecule has 0 unspecified atom stereocenters. The lowest BCUT2D eigenvalue weighted by molar-refractivity contribution is -0.130. The second-order valence-electron chi connectivity index (χ2n) is 6.71. The van der Waals surface area contributed by atoms with E-state index in [1.807, 2.05) is 11.8 Å². The van der Waals surface area contributed by atoms with Crippen LogP contribution in [0.4, 0.5) is 0 Å². The van der Waals surface area contributed by atoms with Gasteiger partial charge in [0, 0.05) is 57.9 Å². The van der Waals surface area contributed by atoms with Gasteiger partial charge >= 0.3 is 0 Å². The van der Waals surface area contributed by atoms with Crippen LogP contribution in [0.2, 0.25) is 0 Å². The molecule has 1 aliphatic rings. The lowest BCUT2D eigenvalue weighted by atomic mass is 10.1. The molecule has 0 saturated heterocycles. The monoisotopic (exact) mass is 395 g/mol. The summed E-state index contributed by atoms with van der Waals surface area (Å²) in [6, 6.07) is 2.12. The number of hydrogen-bond acceptors (Lipinski definition) is 5. The Morgan fingerprint density at radius 3 is 3.04 bits per heavy atom. The van der Waals surface area contributed by atoms with Crippen LogP contribution in [0.5, 0.6) is 0 Å². The smallest absolute Gasteiger partial charge is 0.244 e. The fraction of sp³-hybridized carbons (Fsp3) is 0.684. The van der Waals surface area contributed by atoms with E-state index in [2.05, 4.69) is 39.0 Å². The number of guanidine groups is 1. The third-order valence-corrected chi connectivity index (χ3v) is 5.57. The molecule has 0 spiro atoms. The number of thiophene rings is 1. The van der Waals surface area contributed by atoms with Gasteiger partial charge in [-0.1, -0.05) is 0 Å². The summed E-state index contributed by atoms with van der Waals surface area (Å²) in [5.74, 6) is 0.783. The lowest BCUT2D eigenvalue weighted by Gasteiger charge is -2.26. The van der Waals surface area contributed by atoms with Crippen LogP contribution in [-0.4, -0.2) is 81.7 Å². The Balaban J connectivity index is 1.74. The van der Waals surface area contributed by atoms with Crippen molar-refractivity contribution in [3.8, 4) is 0 Å². The van der Waals surface area contributed by atoms with Crippen LogP contribution >= 0.6 is 11.3 Å². The molecule has 0 aliphatic carbocycles. The van der Waals surface area contributed by atoms with E-state index in [4.69, 9.17) is 4.74 Å². The van der Waals surface area contributed by atoms with Crippen molar-refractivity contribution in [3.63, 3.8) is 0 Å². The van der Waals surface area contributed by atoms with Crippen molar-refractivity contribution in [1.82, 2.24) is 20.4 Å². The van der Waals surface area contributed by atoms with E-state index in [0.717, 1.165) is 52.2 Å². The predicted molar refractivity (Wildman–Crippen MR) is 111 cm³/mol. The van der Waals surface area contributed by atoms with Crippen LogP contribution in [0, 0.1) is 0 Å². The van der Waals surface area contributed by atoms with Crippen molar-refractivity contribution in [1.29, 1.82) is 0 Å². The number of ether oxygens (including phenoxy) is 1. The summed E-state index contributed by atoms with van der Waals surface area (Å²) in [6.45, 7) is 7.96. The molecule has 0 saturated carbocycles. The Morgan fingerprint density at radius 2 is 2.26 bits per heavy atom. The van der Waals surface area contributed by atoms with Crippen molar-refractivity contribution < 1.29 is 9.53 Å². The maximum Gasteiger partial charge on any atom is 0.244 e. The van der Waals surface area contributed by atoms with Crippen LogP contribution in [0.1, 0.15) is 23.8 Å². The number of carbonyl (C=O) groups excluding carboxylic acids is 1. The summed E-state index contributed by atoms with van der Waals surface area (Å²) in [4.78, 5) is 22.6. The highest BCUT2D eigenvalue weighted by Crippen LogP contribution is 2.23. The largest absolute Gasteiger partial charge is 0.385 e. The van der Waals surface area contributed by atoms with Crippen molar-refractivity contribution >= 4 is 23.2 Å². The molecule has 0 aromatic carbocycles. The standard InChI is InChI=1S/C19H33N5O2S/c1-4-20-19(21-8-11-23(2)9-5-12-26-3)22-14-18(25)24-10-6-17-16(15-24)7-13-27-17/h7,13H,4-6,8-12,14-15H2,1-3H3,(H2,20,21,22). The van der Waals surface area contributed by atoms with Gasteiger partial charge in [0.1, 0.15) is 6.54 Å². The zero-order chi connectivity index (χ0) is 19.5. The van der Waals surface area contributed by atoms with Gasteiger partial charge in [-0.25, -0.2) is 4.99 Å². The molecular formula is C19H33N5O2S. The maximum atomic E-state index is 12.5. The topological polar surface area (TPSA) is 69.2 Å². The summed E-state index contributed by atoms with van der Waals surface area (Å²) < 4.78 is 5.08. The molecule has 27 heavy (non-hydrogen) atoms. The van der Waals surface area contributed by atoms with Gasteiger partial charge < -0.3 is 25.2 Å². The number of fused-ring (bicyclic) bond motifs is 1. The number of nitrogens with zero attached hydrogens (tertiary/aromatic N) is 3. The van der Waals surface area contributed by atoms with E-state index in [1.54, 1.807) is 18.4 Å². The molecule has 0 radical (unpaired) electrons. The van der Waals surface area contributed by atoms with Crippen LogP contribution in [0.3, 0.4) is 0 Å². The van der Waals surface area contributed by atoms with Gasteiger partial charge in [0.05, 0.1) is 0 Å². The highest BCUT2D eigenvalue weighted by Gasteiger charge is 2.21. The predicted octanol–water partition coefficient (Wildman–Crippen LogP) is 1.16. The molecule has 0 bridgehead atoms. The molecule has 0 fully saturated rings. The summed E-state index contributed by atoms with van der Waals surface area (Å²) >= 11 is 1.78. The van der Waals surface area contributed by atoms with Gasteiger partial charge in [-0.3, -0.25) is 4.79 Å². The third-order valence-electron chi connectivity index (χ3n) is 4.55. The Morgan fingerprint density at radius 1 is 1.41 bits per heavy atom. The highest BCUT2D eigenvalue weighted by atomic mass is 32.1. The van der Waals surface area contributed by atoms with Crippen molar-refractivity contribution in [2.75, 3.05) is 60.0 Å². The molecule has 2 N–H and O–H groups in total. The minimum atomic E-state index is 0.0840. The first-order valence-electron chi connectivity index (χ1n) is 9.66. The quantitative estimate of drug-likeness (QED) is 0.353. The number of likely N-dealkylation sites (N-methyl/N-ethyl adjacent to an activating group) is 1. The average molecular weight is 396 g/mol. The van der Waals surface area contributed by atoms with Crippen molar-refractivity contribution in [2.24, 2.45) is 4.99 Å². The van der Waals surface area contributed by atoms with E-state index in [1.165, 1.54) is 10.4 Å². The summed E-state index contributed by atoms with van der Waals surface area (Å²) in [5.41, 5.74) is 1.28. The number of nitrogens with one attached hydrogen (secondary N) is 2. The SMILES string of the molecule is CCNC(=NCC(=O)N1CCc2sccc2C1)NCCN(C)CCCOC. The summed E-state index contributed by atoms with van der Waals surface area (Å²) in [6.07, 6.45) is 1.98. The van der Waals surface area contributed by atoms with Crippen molar-refractivity contribution in [3.05, 3.63) is 21.9 Å². The normalized spacial score (nSPS) is 14.4. The van der Waals surface area contributed by atoms with E-state index >= 15 is 0 Å². The molecule has 7 nitrogen and oxygen atoms in total. The molecule has 2 rings (SSSR count). The molecule has 1 aliphatic heterocycles. The fourth-order valence-electron chi connectivity index (χ4n) is 3.01. The molecular weight excluding hydrogens is 362 g/mol. The van der Waals surface area contributed by atoms with Crippen LogP contribution in [0.15, 0.2) is 16.4 Å². The minimum absolute atomic E-state index is 0.0840. The molecule has 152 valence electrons. The van der Waals surface area contributed by atoms with E-state index < -0.39 is 0 Å². The molecule has 1 aromatic heterocycles. The van der Waals surface area contributed by atoms with E-state index in [0.29, 0.717) is 12.5 Å². The van der Waals surface area contributed by atoms with Gasteiger partial charge in [0.15, 0.2) is 5.96 Å². The molecule has 0 atom stereocenters. The summed E-state index contributed by atoms with van der Waals surface area (Å²) in [5, 5.41) is 8.63. The molecule has 8 heteroatoms. The maximum absolute atomic E-state index is 12.5. The van der Waals surface area contributed by atoms with Crippen LogP contribution < -0.4 is 10.6 Å². The first kappa shape index (κ1) is 21.7. The number of amides is 1.